The molecule has 0 saturated carbocycles. The average molecular weight is 480 g/mol. The molecule has 1 unspecified atom stereocenters. The number of piperidine rings is 1. The molecule has 32 heavy (non-hydrogen) atoms. The number of carbonyl (C=O) groups is 1. The standard InChI is InChI=1S/C22H29N3O5S2/c1-24(2)19(17-7-12-31-15-17)14-23-22(26)16-5-8-25(9-6-16)32(27,28)18-3-4-20-21(13-18)30-11-10-29-20/h3-4,7,12-13,15-16,19H,5-6,8-11,14H2,1-2H3,(H,23,26). The Balaban J connectivity index is 1.33. The van der Waals surface area contributed by atoms with E-state index < -0.39 is 10.0 Å². The molecule has 0 spiro atoms. The predicted octanol–water partition coefficient (Wildman–Crippen LogP) is 2.34. The summed E-state index contributed by atoms with van der Waals surface area (Å²) >= 11 is 1.64. The van der Waals surface area contributed by atoms with E-state index in [2.05, 4.69) is 21.7 Å². The first-order valence-electron chi connectivity index (χ1n) is 10.7. The zero-order valence-corrected chi connectivity index (χ0v) is 20.0. The number of sulfonamides is 1. The fourth-order valence-electron chi connectivity index (χ4n) is 4.10. The van der Waals surface area contributed by atoms with Crippen LogP contribution in [-0.4, -0.2) is 70.5 Å². The van der Waals surface area contributed by atoms with Crippen molar-refractivity contribution in [1.29, 1.82) is 0 Å². The number of likely N-dealkylation sites (N-methyl/N-ethyl adjacent to an activating group) is 1. The molecule has 0 radical (unpaired) electrons. The predicted molar refractivity (Wildman–Crippen MR) is 123 cm³/mol. The molecule has 8 nitrogen and oxygen atoms in total. The molecule has 1 atom stereocenters. The van der Waals surface area contributed by atoms with E-state index in [1.54, 1.807) is 23.5 Å². The molecule has 3 heterocycles. The van der Waals surface area contributed by atoms with Crippen LogP contribution in [0.3, 0.4) is 0 Å². The molecule has 1 N–H and O–H groups in total. The summed E-state index contributed by atoms with van der Waals surface area (Å²) in [6.45, 7) is 2.01. The van der Waals surface area contributed by atoms with Gasteiger partial charge in [0.2, 0.25) is 15.9 Å². The highest BCUT2D eigenvalue weighted by Gasteiger charge is 2.33. The van der Waals surface area contributed by atoms with Gasteiger partial charge in [0.1, 0.15) is 13.2 Å². The van der Waals surface area contributed by atoms with Gasteiger partial charge in [-0.25, -0.2) is 8.42 Å². The molecule has 1 fully saturated rings. The lowest BCUT2D eigenvalue weighted by Gasteiger charge is -2.31. The van der Waals surface area contributed by atoms with Gasteiger partial charge < -0.3 is 19.7 Å². The monoisotopic (exact) mass is 479 g/mol. The second kappa shape index (κ2) is 9.78. The SMILES string of the molecule is CN(C)C(CNC(=O)C1CCN(S(=O)(=O)c2ccc3c(c2)OCCO3)CC1)c1ccsc1. The maximum Gasteiger partial charge on any atom is 0.243 e. The van der Waals surface area contributed by atoms with Gasteiger partial charge in [-0.1, -0.05) is 0 Å². The molecule has 1 saturated heterocycles. The summed E-state index contributed by atoms with van der Waals surface area (Å²) in [7, 11) is 0.341. The number of thiophene rings is 1. The van der Waals surface area contributed by atoms with Gasteiger partial charge in [-0.15, -0.1) is 0 Å². The lowest BCUT2D eigenvalue weighted by atomic mass is 9.97. The number of hydrogen-bond acceptors (Lipinski definition) is 7. The van der Waals surface area contributed by atoms with Gasteiger partial charge in [0.25, 0.3) is 0 Å². The van der Waals surface area contributed by atoms with Gasteiger partial charge in [-0.05, 0) is 61.5 Å². The number of hydrogen-bond donors (Lipinski definition) is 1. The van der Waals surface area contributed by atoms with Crippen LogP contribution in [0.1, 0.15) is 24.4 Å². The molecule has 2 aliphatic rings. The van der Waals surface area contributed by atoms with Gasteiger partial charge in [0.15, 0.2) is 11.5 Å². The average Bonchev–Trinajstić information content (AvgIpc) is 3.33. The summed E-state index contributed by atoms with van der Waals surface area (Å²) in [6.07, 6.45) is 1.00. The third kappa shape index (κ3) is 4.93. The van der Waals surface area contributed by atoms with Crippen molar-refractivity contribution in [2.75, 3.05) is 46.9 Å². The lowest BCUT2D eigenvalue weighted by Crippen LogP contribution is -2.44. The van der Waals surface area contributed by atoms with Crippen molar-refractivity contribution in [3.8, 4) is 11.5 Å². The topological polar surface area (TPSA) is 88.2 Å². The van der Waals surface area contributed by atoms with Crippen LogP contribution in [0.15, 0.2) is 39.9 Å². The third-order valence-electron chi connectivity index (χ3n) is 6.00. The van der Waals surface area contributed by atoms with Gasteiger partial charge in [0.05, 0.1) is 10.9 Å². The van der Waals surface area contributed by atoms with Crippen LogP contribution in [0.4, 0.5) is 0 Å². The highest BCUT2D eigenvalue weighted by atomic mass is 32.2. The zero-order chi connectivity index (χ0) is 22.7. The van der Waals surface area contributed by atoms with Gasteiger partial charge in [0, 0.05) is 31.6 Å². The molecule has 1 aromatic carbocycles. The fourth-order valence-corrected chi connectivity index (χ4v) is 6.29. The van der Waals surface area contributed by atoms with Crippen molar-refractivity contribution in [2.24, 2.45) is 5.92 Å². The summed E-state index contributed by atoms with van der Waals surface area (Å²) in [4.78, 5) is 15.0. The van der Waals surface area contributed by atoms with Crippen LogP contribution < -0.4 is 14.8 Å². The number of carbonyl (C=O) groups excluding carboxylic acids is 1. The number of nitrogens with zero attached hydrogens (tertiary/aromatic N) is 2. The van der Waals surface area contributed by atoms with E-state index in [1.165, 1.54) is 15.9 Å². The Morgan fingerprint density at radius 1 is 1.19 bits per heavy atom. The Morgan fingerprint density at radius 3 is 2.56 bits per heavy atom. The number of rotatable bonds is 7. The first kappa shape index (κ1) is 23.0. The Morgan fingerprint density at radius 2 is 1.91 bits per heavy atom. The second-order valence-electron chi connectivity index (χ2n) is 8.27. The van der Waals surface area contributed by atoms with E-state index in [0.29, 0.717) is 57.2 Å². The molecule has 4 rings (SSSR count). The Bertz CT molecular complexity index is 1030. The Kier molecular flexibility index (Phi) is 7.04. The van der Waals surface area contributed by atoms with Crippen molar-refractivity contribution in [3.63, 3.8) is 0 Å². The second-order valence-corrected chi connectivity index (χ2v) is 11.0. The molecule has 2 aliphatic heterocycles. The van der Waals surface area contributed by atoms with E-state index in [0.717, 1.165) is 0 Å². The fraction of sp³-hybridized carbons (Fsp3) is 0.500. The van der Waals surface area contributed by atoms with E-state index in [9.17, 15) is 13.2 Å². The summed E-state index contributed by atoms with van der Waals surface area (Å²) in [5.74, 6) is 0.812. The quantitative estimate of drug-likeness (QED) is 0.656. The molecular weight excluding hydrogens is 450 g/mol. The zero-order valence-electron chi connectivity index (χ0n) is 18.3. The number of amides is 1. The van der Waals surface area contributed by atoms with Crippen molar-refractivity contribution in [2.45, 2.75) is 23.8 Å². The van der Waals surface area contributed by atoms with Crippen LogP contribution in [0, 0.1) is 5.92 Å². The van der Waals surface area contributed by atoms with Crippen molar-refractivity contribution >= 4 is 27.3 Å². The maximum absolute atomic E-state index is 13.1. The molecule has 174 valence electrons. The Hall–Kier alpha value is -2.14. The van der Waals surface area contributed by atoms with Crippen LogP contribution in [0.25, 0.3) is 0 Å². The number of fused-ring (bicyclic) bond motifs is 1. The summed E-state index contributed by atoms with van der Waals surface area (Å²) in [5, 5.41) is 7.20. The minimum atomic E-state index is -3.65. The summed E-state index contributed by atoms with van der Waals surface area (Å²) < 4.78 is 38.6. The van der Waals surface area contributed by atoms with E-state index in [4.69, 9.17) is 9.47 Å². The van der Waals surface area contributed by atoms with Gasteiger partial charge in [-0.3, -0.25) is 4.79 Å². The minimum Gasteiger partial charge on any atom is -0.486 e. The molecule has 10 heteroatoms. The number of nitrogens with one attached hydrogen (secondary N) is 1. The summed E-state index contributed by atoms with van der Waals surface area (Å²) in [5.41, 5.74) is 1.18. The van der Waals surface area contributed by atoms with Crippen molar-refractivity contribution < 1.29 is 22.7 Å². The van der Waals surface area contributed by atoms with E-state index in [1.807, 2.05) is 19.5 Å². The highest BCUT2D eigenvalue weighted by molar-refractivity contribution is 7.89. The lowest BCUT2D eigenvalue weighted by molar-refractivity contribution is -0.126. The van der Waals surface area contributed by atoms with Crippen LogP contribution in [0.5, 0.6) is 11.5 Å². The van der Waals surface area contributed by atoms with Gasteiger partial charge >= 0.3 is 0 Å². The minimum absolute atomic E-state index is 0.0107. The Labute approximate surface area is 193 Å². The van der Waals surface area contributed by atoms with Crippen molar-refractivity contribution in [3.05, 3.63) is 40.6 Å². The summed E-state index contributed by atoms with van der Waals surface area (Å²) in [6, 6.07) is 6.89. The molecule has 0 bridgehead atoms. The first-order valence-corrected chi connectivity index (χ1v) is 13.1. The largest absolute Gasteiger partial charge is 0.486 e. The maximum atomic E-state index is 13.1. The van der Waals surface area contributed by atoms with E-state index >= 15 is 0 Å². The molecule has 2 aromatic rings. The molecule has 1 amide bonds. The number of benzene rings is 1. The van der Waals surface area contributed by atoms with Crippen molar-refractivity contribution in [1.82, 2.24) is 14.5 Å². The van der Waals surface area contributed by atoms with Crippen LogP contribution >= 0.6 is 11.3 Å². The van der Waals surface area contributed by atoms with Crippen LogP contribution in [0.2, 0.25) is 0 Å². The van der Waals surface area contributed by atoms with E-state index in [-0.39, 0.29) is 22.8 Å². The highest BCUT2D eigenvalue weighted by Crippen LogP contribution is 2.34. The smallest absolute Gasteiger partial charge is 0.243 e. The normalized spacial score (nSPS) is 18.5. The van der Waals surface area contributed by atoms with Crippen LogP contribution in [-0.2, 0) is 14.8 Å². The first-order chi connectivity index (χ1) is 15.4. The van der Waals surface area contributed by atoms with Gasteiger partial charge in [-0.2, -0.15) is 15.6 Å². The molecule has 1 aromatic heterocycles. The number of ether oxygens (including phenoxy) is 2. The molecular formula is C22H29N3O5S2. The molecule has 0 aliphatic carbocycles. The third-order valence-corrected chi connectivity index (χ3v) is 8.59.